The number of ether oxygens (including phenoxy) is 1. The van der Waals surface area contributed by atoms with Gasteiger partial charge in [-0.3, -0.25) is 0 Å². The summed E-state index contributed by atoms with van der Waals surface area (Å²) in [4.78, 5) is 12.3. The quantitative estimate of drug-likeness (QED) is 0.138. The van der Waals surface area contributed by atoms with Crippen molar-refractivity contribution in [2.45, 2.75) is 84.1 Å². The Kier molecular flexibility index (Phi) is 11.7. The molecule has 166 valence electrons. The summed E-state index contributed by atoms with van der Waals surface area (Å²) in [6.45, 7) is 19.5. The number of hydrogen-bond acceptors (Lipinski definition) is 5. The second-order valence-corrected chi connectivity index (χ2v) is 24.2. The predicted octanol–water partition coefficient (Wildman–Crippen LogP) is 3.79. The van der Waals surface area contributed by atoms with Crippen LogP contribution < -0.4 is 0 Å². The SMILES string of the molecule is C[Si](C)(C)OC(CCOCCC[SiH3])=C(C(=O)O)C(O[Si](C)(C)C)O[Si](C)(C)C. The van der Waals surface area contributed by atoms with Gasteiger partial charge in [0.05, 0.1) is 12.4 Å². The summed E-state index contributed by atoms with van der Waals surface area (Å²) in [5.41, 5.74) is 0.0961. The van der Waals surface area contributed by atoms with Gasteiger partial charge in [0.1, 0.15) is 5.57 Å². The van der Waals surface area contributed by atoms with Crippen LogP contribution in [0.15, 0.2) is 11.3 Å². The molecular weight excluding hydrogens is 425 g/mol. The van der Waals surface area contributed by atoms with Crippen LogP contribution in [-0.4, -0.2) is 65.8 Å². The lowest BCUT2D eigenvalue weighted by Gasteiger charge is -2.33. The zero-order valence-corrected chi connectivity index (χ0v) is 24.6. The monoisotopic (exact) mass is 466 g/mol. The molecule has 0 heterocycles. The van der Waals surface area contributed by atoms with Crippen molar-refractivity contribution in [2.75, 3.05) is 13.2 Å². The lowest BCUT2D eigenvalue weighted by molar-refractivity contribution is -0.136. The molecule has 28 heavy (non-hydrogen) atoms. The fourth-order valence-corrected chi connectivity index (χ4v) is 5.21. The van der Waals surface area contributed by atoms with E-state index in [9.17, 15) is 9.90 Å². The molecule has 0 bridgehead atoms. The zero-order valence-electron chi connectivity index (χ0n) is 19.6. The third-order valence-corrected chi connectivity index (χ3v) is 6.64. The predicted molar refractivity (Wildman–Crippen MR) is 127 cm³/mol. The number of carboxylic acids is 1. The maximum atomic E-state index is 12.3. The summed E-state index contributed by atoms with van der Waals surface area (Å²) in [6.07, 6.45) is 0.545. The first kappa shape index (κ1) is 27.8. The van der Waals surface area contributed by atoms with Crippen molar-refractivity contribution in [1.29, 1.82) is 0 Å². The van der Waals surface area contributed by atoms with Gasteiger partial charge in [0.15, 0.2) is 22.9 Å². The lowest BCUT2D eigenvalue weighted by atomic mass is 10.2. The fourth-order valence-electron chi connectivity index (χ4n) is 2.26. The van der Waals surface area contributed by atoms with Crippen molar-refractivity contribution < 1.29 is 27.9 Å². The highest BCUT2D eigenvalue weighted by Gasteiger charge is 2.36. The van der Waals surface area contributed by atoms with E-state index in [1.54, 1.807) is 0 Å². The van der Waals surface area contributed by atoms with Crippen LogP contribution in [0.5, 0.6) is 0 Å². The maximum Gasteiger partial charge on any atom is 0.340 e. The van der Waals surface area contributed by atoms with Crippen molar-refractivity contribution in [2.24, 2.45) is 0 Å². The molecule has 0 aliphatic heterocycles. The zero-order chi connectivity index (χ0) is 22.2. The van der Waals surface area contributed by atoms with Crippen molar-refractivity contribution in [3.8, 4) is 0 Å². The van der Waals surface area contributed by atoms with Gasteiger partial charge in [0.25, 0.3) is 0 Å². The molecule has 0 fully saturated rings. The van der Waals surface area contributed by atoms with Gasteiger partial charge >= 0.3 is 5.97 Å². The Labute approximate surface area is 177 Å². The summed E-state index contributed by atoms with van der Waals surface area (Å²) in [5.74, 6) is -0.603. The van der Waals surface area contributed by atoms with E-state index in [0.29, 0.717) is 25.4 Å². The van der Waals surface area contributed by atoms with E-state index in [0.717, 1.165) is 6.42 Å². The van der Waals surface area contributed by atoms with Crippen LogP contribution in [0.4, 0.5) is 0 Å². The highest BCUT2D eigenvalue weighted by molar-refractivity contribution is 6.71. The fraction of sp³-hybridized carbons (Fsp3) is 0.833. The minimum atomic E-state index is -2.05. The normalized spacial score (nSPS) is 14.4. The molecule has 0 radical (unpaired) electrons. The van der Waals surface area contributed by atoms with E-state index in [2.05, 4.69) is 0 Å². The van der Waals surface area contributed by atoms with Crippen LogP contribution in [0.3, 0.4) is 0 Å². The molecule has 0 aliphatic carbocycles. The van der Waals surface area contributed by atoms with E-state index in [1.165, 1.54) is 16.3 Å². The molecule has 6 nitrogen and oxygen atoms in total. The van der Waals surface area contributed by atoms with E-state index >= 15 is 0 Å². The Morgan fingerprint density at radius 3 is 1.75 bits per heavy atom. The first-order valence-electron chi connectivity index (χ1n) is 10.1. The van der Waals surface area contributed by atoms with Crippen LogP contribution in [0, 0.1) is 0 Å². The molecule has 0 saturated heterocycles. The van der Waals surface area contributed by atoms with E-state index in [4.69, 9.17) is 18.0 Å². The van der Waals surface area contributed by atoms with Crippen LogP contribution in [-0.2, 0) is 22.8 Å². The largest absolute Gasteiger partial charge is 0.547 e. The van der Waals surface area contributed by atoms with Crippen LogP contribution in [0.1, 0.15) is 12.8 Å². The van der Waals surface area contributed by atoms with Gasteiger partial charge < -0.3 is 23.1 Å². The molecule has 0 aromatic heterocycles. The Bertz CT molecular complexity index is 502. The average molecular weight is 467 g/mol. The number of hydrogen-bond donors (Lipinski definition) is 1. The van der Waals surface area contributed by atoms with Gasteiger partial charge in [-0.15, -0.1) is 0 Å². The molecule has 0 saturated carbocycles. The molecular formula is C18H42O6Si4. The summed E-state index contributed by atoms with van der Waals surface area (Å²) in [6, 6.07) is 1.20. The van der Waals surface area contributed by atoms with Gasteiger partial charge in [-0.1, -0.05) is 6.04 Å². The maximum absolute atomic E-state index is 12.3. The van der Waals surface area contributed by atoms with Gasteiger partial charge in [0.2, 0.25) is 8.32 Å². The molecule has 0 aliphatic rings. The first-order chi connectivity index (χ1) is 12.6. The molecule has 0 rings (SSSR count). The third kappa shape index (κ3) is 13.9. The molecule has 0 aromatic rings. The van der Waals surface area contributed by atoms with Crippen molar-refractivity contribution in [1.82, 2.24) is 0 Å². The molecule has 0 aromatic carbocycles. The van der Waals surface area contributed by atoms with E-state index < -0.39 is 37.2 Å². The Hall–Kier alpha value is -0.242. The van der Waals surface area contributed by atoms with Gasteiger partial charge in [-0.2, -0.15) is 0 Å². The second kappa shape index (κ2) is 11.8. The van der Waals surface area contributed by atoms with Crippen molar-refractivity contribution in [3.05, 3.63) is 11.3 Å². The summed E-state index contributed by atoms with van der Waals surface area (Å²) >= 11 is 0. The molecule has 0 atom stereocenters. The molecule has 0 spiro atoms. The number of carboxylic acid groups (broad SMARTS) is 1. The van der Waals surface area contributed by atoms with Crippen LogP contribution in [0.2, 0.25) is 65.0 Å². The topological polar surface area (TPSA) is 74.2 Å². The Balaban J connectivity index is 5.96. The van der Waals surface area contributed by atoms with Gasteiger partial charge in [-0.25, -0.2) is 4.79 Å². The molecule has 10 heteroatoms. The number of rotatable bonds is 14. The standard InChI is InChI=1S/C18H42O6Si4/c1-26(2,3)22-15(11-13-21-12-10-14-25)16(17(19)20)18(23-27(4,5)6)24-28(7,8)9/h18H,10-14H2,1-9,25H3,(H,19,20). The van der Waals surface area contributed by atoms with E-state index in [-0.39, 0.29) is 5.57 Å². The third-order valence-electron chi connectivity index (χ3n) is 3.23. The van der Waals surface area contributed by atoms with Crippen LogP contribution in [0.25, 0.3) is 0 Å². The second-order valence-electron chi connectivity index (χ2n) is 9.86. The van der Waals surface area contributed by atoms with Gasteiger partial charge in [0, 0.05) is 23.3 Å². The molecule has 1 N–H and O–H groups in total. The minimum Gasteiger partial charge on any atom is -0.547 e. The smallest absolute Gasteiger partial charge is 0.340 e. The number of aliphatic carboxylic acids is 1. The van der Waals surface area contributed by atoms with Crippen molar-refractivity contribution in [3.63, 3.8) is 0 Å². The summed E-state index contributed by atoms with van der Waals surface area (Å²) in [5, 5.41) is 10.1. The van der Waals surface area contributed by atoms with Gasteiger partial charge in [-0.05, 0) is 65.3 Å². The minimum absolute atomic E-state index is 0.0961. The highest BCUT2D eigenvalue weighted by Crippen LogP contribution is 2.27. The van der Waals surface area contributed by atoms with E-state index in [1.807, 2.05) is 58.9 Å². The average Bonchev–Trinajstić information content (AvgIpc) is 2.41. The number of carbonyl (C=O) groups is 1. The highest BCUT2D eigenvalue weighted by atomic mass is 28.4. The van der Waals surface area contributed by atoms with Crippen molar-refractivity contribution >= 4 is 41.2 Å². The first-order valence-corrected chi connectivity index (χ1v) is 21.8. The van der Waals surface area contributed by atoms with Crippen LogP contribution >= 0.6 is 0 Å². The molecule has 0 unspecified atom stereocenters. The lowest BCUT2D eigenvalue weighted by Crippen LogP contribution is -2.43. The summed E-state index contributed by atoms with van der Waals surface area (Å²) < 4.78 is 24.3. The summed E-state index contributed by atoms with van der Waals surface area (Å²) in [7, 11) is -4.96. The molecule has 0 amide bonds. The Morgan fingerprint density at radius 2 is 1.39 bits per heavy atom. The Morgan fingerprint density at radius 1 is 0.893 bits per heavy atom.